The first-order valence-electron chi connectivity index (χ1n) is 10.2. The molecule has 2 aliphatic rings. The van der Waals surface area contributed by atoms with Gasteiger partial charge in [-0.05, 0) is 43.9 Å². The Bertz CT molecular complexity index is 773. The fraction of sp³-hybridized carbons (Fsp3) is 0.524. The quantitative estimate of drug-likeness (QED) is 0.768. The first-order valence-corrected chi connectivity index (χ1v) is 10.2. The zero-order chi connectivity index (χ0) is 19.9. The number of rotatable bonds is 7. The topological polar surface area (TPSA) is 89.5 Å². The molecule has 0 bridgehead atoms. The molecular formula is C21H27N5O3. The Balaban J connectivity index is 1.21. The molecule has 0 radical (unpaired) electrons. The molecule has 4 heterocycles. The molecule has 1 atom stereocenters. The summed E-state index contributed by atoms with van der Waals surface area (Å²) in [4.78, 5) is 27.2. The van der Waals surface area contributed by atoms with Gasteiger partial charge >= 0.3 is 0 Å². The van der Waals surface area contributed by atoms with Crippen LogP contribution in [0.5, 0.6) is 0 Å². The van der Waals surface area contributed by atoms with Crippen LogP contribution in [-0.4, -0.2) is 64.8 Å². The highest BCUT2D eigenvalue weighted by atomic mass is 16.5. The lowest BCUT2D eigenvalue weighted by Crippen LogP contribution is -2.40. The van der Waals surface area contributed by atoms with Crippen LogP contribution in [0.15, 0.2) is 36.8 Å². The maximum Gasteiger partial charge on any atom is 0.248 e. The normalized spacial score (nSPS) is 20.0. The van der Waals surface area contributed by atoms with Crippen LogP contribution in [0, 0.1) is 0 Å². The van der Waals surface area contributed by atoms with Gasteiger partial charge in [0.25, 0.3) is 0 Å². The number of likely N-dealkylation sites (tertiary alicyclic amines) is 1. The van der Waals surface area contributed by atoms with E-state index in [2.05, 4.69) is 20.3 Å². The third kappa shape index (κ3) is 5.48. The predicted molar refractivity (Wildman–Crippen MR) is 108 cm³/mol. The summed E-state index contributed by atoms with van der Waals surface area (Å²) in [6.07, 6.45) is 9.30. The van der Waals surface area contributed by atoms with Gasteiger partial charge in [-0.25, -0.2) is 9.97 Å². The first-order chi connectivity index (χ1) is 14.3. The van der Waals surface area contributed by atoms with Crippen LogP contribution < -0.4 is 5.32 Å². The summed E-state index contributed by atoms with van der Waals surface area (Å²) in [7, 11) is 0. The third-order valence-electron chi connectivity index (χ3n) is 5.43. The summed E-state index contributed by atoms with van der Waals surface area (Å²) in [5.41, 5.74) is 1.92. The Morgan fingerprint density at radius 2 is 2.00 bits per heavy atom. The van der Waals surface area contributed by atoms with Crippen LogP contribution in [0.1, 0.15) is 37.3 Å². The van der Waals surface area contributed by atoms with Crippen molar-refractivity contribution in [1.29, 1.82) is 0 Å². The zero-order valence-corrected chi connectivity index (χ0v) is 16.5. The number of ether oxygens (including phenoxy) is 2. The minimum atomic E-state index is 0.0665. The smallest absolute Gasteiger partial charge is 0.248 e. The van der Waals surface area contributed by atoms with E-state index in [1.807, 2.05) is 23.2 Å². The van der Waals surface area contributed by atoms with Gasteiger partial charge in [-0.15, -0.1) is 0 Å². The van der Waals surface area contributed by atoms with Crippen molar-refractivity contribution in [1.82, 2.24) is 19.9 Å². The predicted octanol–water partition coefficient (Wildman–Crippen LogP) is 2.52. The van der Waals surface area contributed by atoms with Crippen LogP contribution in [0.2, 0.25) is 0 Å². The van der Waals surface area contributed by atoms with Crippen molar-refractivity contribution in [3.63, 3.8) is 0 Å². The second-order valence-corrected chi connectivity index (χ2v) is 7.47. The standard InChI is InChI=1S/C21H27N5O3/c27-20(15-28-14-18-3-1-12-29-18)26-10-6-16(7-11-26)19-5-4-17(13-24-19)25-21-22-8-2-9-23-21/h2,4-5,8-9,13,16,18H,1,3,6-7,10-12,14-15H2,(H,22,23,25)/t18-/m1/s1. The minimum Gasteiger partial charge on any atom is -0.376 e. The number of hydrogen-bond acceptors (Lipinski definition) is 7. The van der Waals surface area contributed by atoms with Crippen LogP contribution in [-0.2, 0) is 14.3 Å². The summed E-state index contributed by atoms with van der Waals surface area (Å²) >= 11 is 0. The molecule has 8 nitrogen and oxygen atoms in total. The lowest BCUT2D eigenvalue weighted by molar-refractivity contribution is -0.138. The summed E-state index contributed by atoms with van der Waals surface area (Å²) in [6.45, 7) is 2.95. The summed E-state index contributed by atoms with van der Waals surface area (Å²) < 4.78 is 11.1. The number of amides is 1. The van der Waals surface area contributed by atoms with E-state index < -0.39 is 0 Å². The Kier molecular flexibility index (Phi) is 6.63. The van der Waals surface area contributed by atoms with Crippen LogP contribution in [0.4, 0.5) is 11.6 Å². The van der Waals surface area contributed by atoms with Gasteiger partial charge in [0.15, 0.2) is 0 Å². The number of nitrogens with zero attached hydrogens (tertiary/aromatic N) is 4. The number of piperidine rings is 1. The molecule has 154 valence electrons. The second kappa shape index (κ2) is 9.76. The molecule has 2 fully saturated rings. The number of anilines is 2. The Morgan fingerprint density at radius 3 is 2.69 bits per heavy atom. The SMILES string of the molecule is O=C(COC[C@H]1CCCO1)N1CCC(c2ccc(Nc3ncccn3)cn2)CC1. The van der Waals surface area contributed by atoms with E-state index in [1.54, 1.807) is 18.5 Å². The first kappa shape index (κ1) is 19.7. The van der Waals surface area contributed by atoms with Crippen LogP contribution in [0.25, 0.3) is 0 Å². The molecule has 2 saturated heterocycles. The Labute approximate surface area is 170 Å². The number of pyridine rings is 1. The number of carbonyl (C=O) groups excluding carboxylic acids is 1. The van der Waals surface area contributed by atoms with Crippen molar-refractivity contribution in [3.05, 3.63) is 42.5 Å². The molecule has 4 rings (SSSR count). The summed E-state index contributed by atoms with van der Waals surface area (Å²) in [5, 5.41) is 3.14. The van der Waals surface area contributed by atoms with Crippen molar-refractivity contribution in [3.8, 4) is 0 Å². The highest BCUT2D eigenvalue weighted by Crippen LogP contribution is 2.27. The molecule has 0 aliphatic carbocycles. The van der Waals surface area contributed by atoms with Crippen molar-refractivity contribution < 1.29 is 14.3 Å². The zero-order valence-electron chi connectivity index (χ0n) is 16.5. The van der Waals surface area contributed by atoms with Gasteiger partial charge in [0.05, 0.1) is 24.6 Å². The molecule has 2 aromatic heterocycles. The fourth-order valence-electron chi connectivity index (χ4n) is 3.78. The van der Waals surface area contributed by atoms with E-state index in [1.165, 1.54) is 0 Å². The third-order valence-corrected chi connectivity index (χ3v) is 5.43. The van der Waals surface area contributed by atoms with Gasteiger partial charge in [0.2, 0.25) is 11.9 Å². The monoisotopic (exact) mass is 397 g/mol. The van der Waals surface area contributed by atoms with E-state index in [-0.39, 0.29) is 18.6 Å². The van der Waals surface area contributed by atoms with E-state index in [9.17, 15) is 4.79 Å². The second-order valence-electron chi connectivity index (χ2n) is 7.47. The van der Waals surface area contributed by atoms with Gasteiger partial charge in [0.1, 0.15) is 6.61 Å². The maximum absolute atomic E-state index is 12.4. The summed E-state index contributed by atoms with van der Waals surface area (Å²) in [5.74, 6) is 0.987. The lowest BCUT2D eigenvalue weighted by atomic mass is 9.93. The molecule has 2 aromatic rings. The lowest BCUT2D eigenvalue weighted by Gasteiger charge is -2.31. The highest BCUT2D eigenvalue weighted by molar-refractivity contribution is 5.77. The molecule has 1 amide bonds. The molecule has 8 heteroatoms. The maximum atomic E-state index is 12.4. The molecule has 0 unspecified atom stereocenters. The fourth-order valence-corrected chi connectivity index (χ4v) is 3.78. The summed E-state index contributed by atoms with van der Waals surface area (Å²) in [6, 6.07) is 5.81. The Morgan fingerprint density at radius 1 is 1.17 bits per heavy atom. The average Bonchev–Trinajstić information content (AvgIpc) is 3.29. The van der Waals surface area contributed by atoms with Gasteiger partial charge in [-0.1, -0.05) is 0 Å². The molecule has 1 N–H and O–H groups in total. The van der Waals surface area contributed by atoms with Crippen molar-refractivity contribution >= 4 is 17.5 Å². The van der Waals surface area contributed by atoms with Crippen LogP contribution in [0.3, 0.4) is 0 Å². The average molecular weight is 397 g/mol. The van der Waals surface area contributed by atoms with Crippen molar-refractivity contribution in [2.75, 3.05) is 38.2 Å². The molecule has 29 heavy (non-hydrogen) atoms. The van der Waals surface area contributed by atoms with Gasteiger partial charge in [0, 0.05) is 43.7 Å². The number of hydrogen-bond donors (Lipinski definition) is 1. The Hall–Kier alpha value is -2.58. The largest absolute Gasteiger partial charge is 0.376 e. The van der Waals surface area contributed by atoms with Gasteiger partial charge in [-0.3, -0.25) is 9.78 Å². The van der Waals surface area contributed by atoms with E-state index in [0.29, 0.717) is 18.5 Å². The molecular weight excluding hydrogens is 370 g/mol. The van der Waals surface area contributed by atoms with Gasteiger partial charge < -0.3 is 19.7 Å². The highest BCUT2D eigenvalue weighted by Gasteiger charge is 2.25. The van der Waals surface area contributed by atoms with Gasteiger partial charge in [-0.2, -0.15) is 0 Å². The molecule has 0 aromatic carbocycles. The molecule has 0 saturated carbocycles. The molecule has 2 aliphatic heterocycles. The minimum absolute atomic E-state index is 0.0665. The number of carbonyl (C=O) groups is 1. The van der Waals surface area contributed by atoms with Crippen LogP contribution >= 0.6 is 0 Å². The van der Waals surface area contributed by atoms with E-state index in [4.69, 9.17) is 9.47 Å². The molecule has 0 spiro atoms. The number of aromatic nitrogens is 3. The van der Waals surface area contributed by atoms with Crippen molar-refractivity contribution in [2.45, 2.75) is 37.7 Å². The van der Waals surface area contributed by atoms with Crippen molar-refractivity contribution in [2.24, 2.45) is 0 Å². The van der Waals surface area contributed by atoms with E-state index >= 15 is 0 Å². The number of nitrogens with one attached hydrogen (secondary N) is 1. The van der Waals surface area contributed by atoms with E-state index in [0.717, 1.165) is 56.8 Å².